The van der Waals surface area contributed by atoms with Crippen molar-refractivity contribution in [1.29, 1.82) is 0 Å². The van der Waals surface area contributed by atoms with Crippen LogP contribution in [0, 0.1) is 5.92 Å². The molecule has 3 rings (SSSR count). The standard InChI is InChI=1S/C20H28N2O5S/c23-19(22-17-7-5-16(6-8-17)20(24)25)15-3-1-14(2-4-15)13-28(26,27)18-9-11-21-12-10-18/h1-4,16-18,21H,5-13H2,(H,22,23)(H,24,25)/t16-,17-. The second-order valence-electron chi connectivity index (χ2n) is 7.81. The Morgan fingerprint density at radius 3 is 2.18 bits per heavy atom. The second kappa shape index (κ2) is 9.05. The van der Waals surface area contributed by atoms with E-state index in [-0.39, 0.29) is 28.9 Å². The molecule has 3 N–H and O–H groups in total. The van der Waals surface area contributed by atoms with Crippen LogP contribution in [0.3, 0.4) is 0 Å². The van der Waals surface area contributed by atoms with Gasteiger partial charge in [0.05, 0.1) is 16.9 Å². The molecule has 0 bridgehead atoms. The van der Waals surface area contributed by atoms with Gasteiger partial charge in [-0.3, -0.25) is 9.59 Å². The molecule has 0 aromatic heterocycles. The van der Waals surface area contributed by atoms with Gasteiger partial charge < -0.3 is 15.7 Å². The molecule has 0 spiro atoms. The monoisotopic (exact) mass is 408 g/mol. The summed E-state index contributed by atoms with van der Waals surface area (Å²) in [4.78, 5) is 23.4. The maximum atomic E-state index is 12.6. The summed E-state index contributed by atoms with van der Waals surface area (Å²) in [6.45, 7) is 1.47. The van der Waals surface area contributed by atoms with Gasteiger partial charge in [0, 0.05) is 11.6 Å². The van der Waals surface area contributed by atoms with E-state index in [1.807, 2.05) is 0 Å². The third kappa shape index (κ3) is 5.32. The summed E-state index contributed by atoms with van der Waals surface area (Å²) < 4.78 is 25.1. The minimum Gasteiger partial charge on any atom is -0.481 e. The largest absolute Gasteiger partial charge is 0.481 e. The average molecular weight is 409 g/mol. The fraction of sp³-hybridized carbons (Fsp3) is 0.600. The Kier molecular flexibility index (Phi) is 6.72. The van der Waals surface area contributed by atoms with E-state index in [4.69, 9.17) is 5.11 Å². The molecule has 2 aliphatic rings. The van der Waals surface area contributed by atoms with Gasteiger partial charge in [0.15, 0.2) is 9.84 Å². The molecule has 1 aromatic carbocycles. The number of carbonyl (C=O) groups excluding carboxylic acids is 1. The summed E-state index contributed by atoms with van der Waals surface area (Å²) >= 11 is 0. The molecular weight excluding hydrogens is 380 g/mol. The number of carbonyl (C=O) groups is 2. The second-order valence-corrected chi connectivity index (χ2v) is 10.1. The van der Waals surface area contributed by atoms with Crippen LogP contribution < -0.4 is 10.6 Å². The zero-order valence-corrected chi connectivity index (χ0v) is 16.7. The maximum absolute atomic E-state index is 12.6. The first-order valence-electron chi connectivity index (χ1n) is 9.90. The van der Waals surface area contributed by atoms with Crippen LogP contribution in [0.15, 0.2) is 24.3 Å². The number of amides is 1. The molecule has 7 nitrogen and oxygen atoms in total. The molecule has 1 aliphatic heterocycles. The van der Waals surface area contributed by atoms with Crippen molar-refractivity contribution in [2.45, 2.75) is 55.6 Å². The van der Waals surface area contributed by atoms with Crippen LogP contribution in [-0.4, -0.2) is 49.8 Å². The number of hydrogen-bond donors (Lipinski definition) is 3. The Bertz CT molecular complexity index is 792. The number of carboxylic acid groups (broad SMARTS) is 1. The van der Waals surface area contributed by atoms with Gasteiger partial charge >= 0.3 is 5.97 Å². The Morgan fingerprint density at radius 2 is 1.61 bits per heavy atom. The van der Waals surface area contributed by atoms with Crippen LogP contribution in [0.25, 0.3) is 0 Å². The van der Waals surface area contributed by atoms with Crippen molar-refractivity contribution in [2.24, 2.45) is 5.92 Å². The highest BCUT2D eigenvalue weighted by Gasteiger charge is 2.28. The smallest absolute Gasteiger partial charge is 0.306 e. The molecule has 0 unspecified atom stereocenters. The third-order valence-corrected chi connectivity index (χ3v) is 8.01. The Hall–Kier alpha value is -1.93. The molecule has 1 heterocycles. The summed E-state index contributed by atoms with van der Waals surface area (Å²) in [5, 5.41) is 14.9. The van der Waals surface area contributed by atoms with E-state index in [1.165, 1.54) is 0 Å². The molecule has 0 atom stereocenters. The number of benzene rings is 1. The summed E-state index contributed by atoms with van der Waals surface area (Å²) in [5.74, 6) is -1.28. The van der Waals surface area contributed by atoms with Crippen LogP contribution in [0.5, 0.6) is 0 Å². The van der Waals surface area contributed by atoms with Gasteiger partial charge in [-0.25, -0.2) is 8.42 Å². The molecule has 0 radical (unpaired) electrons. The number of hydrogen-bond acceptors (Lipinski definition) is 5. The van der Waals surface area contributed by atoms with Gasteiger partial charge in [-0.2, -0.15) is 0 Å². The fourth-order valence-electron chi connectivity index (χ4n) is 4.01. The Balaban J connectivity index is 1.53. The summed E-state index contributed by atoms with van der Waals surface area (Å²) in [6.07, 6.45) is 3.77. The molecule has 8 heteroatoms. The summed E-state index contributed by atoms with van der Waals surface area (Å²) in [6, 6.07) is 6.71. The molecular formula is C20H28N2O5S. The number of nitrogens with one attached hydrogen (secondary N) is 2. The molecule has 28 heavy (non-hydrogen) atoms. The van der Waals surface area contributed by atoms with Gasteiger partial charge in [0.1, 0.15) is 0 Å². The topological polar surface area (TPSA) is 113 Å². The van der Waals surface area contributed by atoms with Crippen molar-refractivity contribution in [1.82, 2.24) is 10.6 Å². The predicted octanol–water partition coefficient (Wildman–Crippen LogP) is 1.73. The highest BCUT2D eigenvalue weighted by atomic mass is 32.2. The first-order valence-corrected chi connectivity index (χ1v) is 11.6. The molecule has 1 amide bonds. The molecule has 2 fully saturated rings. The molecule has 1 aliphatic carbocycles. The van der Waals surface area contributed by atoms with E-state index in [1.54, 1.807) is 24.3 Å². The lowest BCUT2D eigenvalue weighted by Gasteiger charge is -2.26. The van der Waals surface area contributed by atoms with Gasteiger partial charge in [0.2, 0.25) is 0 Å². The van der Waals surface area contributed by atoms with E-state index in [2.05, 4.69) is 10.6 Å². The Labute approximate surface area is 165 Å². The normalized spacial score (nSPS) is 23.9. The summed E-state index contributed by atoms with van der Waals surface area (Å²) in [7, 11) is -3.19. The lowest BCUT2D eigenvalue weighted by atomic mass is 9.86. The van der Waals surface area contributed by atoms with E-state index < -0.39 is 15.8 Å². The number of piperidine rings is 1. The SMILES string of the molecule is O=C(N[C@H]1CC[C@H](C(=O)O)CC1)c1ccc(CS(=O)(=O)C2CCNCC2)cc1. The highest BCUT2D eigenvalue weighted by molar-refractivity contribution is 7.91. The van der Waals surface area contributed by atoms with Gasteiger partial charge in [-0.15, -0.1) is 0 Å². The average Bonchev–Trinajstić information content (AvgIpc) is 2.69. The minimum atomic E-state index is -3.19. The van der Waals surface area contributed by atoms with Crippen molar-refractivity contribution in [2.75, 3.05) is 13.1 Å². The van der Waals surface area contributed by atoms with Crippen molar-refractivity contribution >= 4 is 21.7 Å². The zero-order valence-electron chi connectivity index (χ0n) is 15.9. The van der Waals surface area contributed by atoms with E-state index in [0.29, 0.717) is 49.7 Å². The van der Waals surface area contributed by atoms with Crippen molar-refractivity contribution in [3.05, 3.63) is 35.4 Å². The van der Waals surface area contributed by atoms with Gasteiger partial charge in [-0.1, -0.05) is 12.1 Å². The van der Waals surface area contributed by atoms with Crippen LogP contribution in [0.4, 0.5) is 0 Å². The lowest BCUT2D eigenvalue weighted by molar-refractivity contribution is -0.142. The number of sulfone groups is 1. The fourth-order valence-corrected chi connectivity index (χ4v) is 5.86. The van der Waals surface area contributed by atoms with Crippen molar-refractivity contribution in [3.63, 3.8) is 0 Å². The van der Waals surface area contributed by atoms with Gasteiger partial charge in [0.25, 0.3) is 5.91 Å². The minimum absolute atomic E-state index is 0.00122. The number of aliphatic carboxylic acids is 1. The molecule has 1 saturated heterocycles. The van der Waals surface area contributed by atoms with Crippen LogP contribution in [0.1, 0.15) is 54.4 Å². The van der Waals surface area contributed by atoms with E-state index >= 15 is 0 Å². The first kappa shape index (κ1) is 20.8. The number of rotatable bonds is 6. The molecule has 1 saturated carbocycles. The zero-order chi connectivity index (χ0) is 20.1. The first-order chi connectivity index (χ1) is 13.3. The van der Waals surface area contributed by atoms with E-state index in [9.17, 15) is 18.0 Å². The van der Waals surface area contributed by atoms with Gasteiger partial charge in [-0.05, 0) is 69.3 Å². The van der Waals surface area contributed by atoms with E-state index in [0.717, 1.165) is 13.1 Å². The molecule has 1 aromatic rings. The van der Waals surface area contributed by atoms with Crippen molar-refractivity contribution in [3.8, 4) is 0 Å². The lowest BCUT2D eigenvalue weighted by Crippen LogP contribution is -2.38. The quantitative estimate of drug-likeness (QED) is 0.661. The maximum Gasteiger partial charge on any atom is 0.306 e. The van der Waals surface area contributed by atoms with Crippen molar-refractivity contribution < 1.29 is 23.1 Å². The molecule has 154 valence electrons. The van der Waals surface area contributed by atoms with Crippen LogP contribution >= 0.6 is 0 Å². The Morgan fingerprint density at radius 1 is 1.00 bits per heavy atom. The third-order valence-electron chi connectivity index (χ3n) is 5.79. The van der Waals surface area contributed by atoms with Crippen LogP contribution in [0.2, 0.25) is 0 Å². The summed E-state index contributed by atoms with van der Waals surface area (Å²) in [5.41, 5.74) is 1.18. The van der Waals surface area contributed by atoms with Crippen LogP contribution in [-0.2, 0) is 20.4 Å². The number of carboxylic acids is 1. The predicted molar refractivity (Wildman–Crippen MR) is 106 cm³/mol. The highest BCUT2D eigenvalue weighted by Crippen LogP contribution is 2.25.